The molecule has 2 N–H and O–H groups in total. The van der Waals surface area contributed by atoms with Crippen molar-refractivity contribution in [1.29, 1.82) is 0 Å². The average Bonchev–Trinajstić information content (AvgIpc) is 2.88. The summed E-state index contributed by atoms with van der Waals surface area (Å²) in [5.41, 5.74) is 0. The summed E-state index contributed by atoms with van der Waals surface area (Å²) in [6.45, 7) is 2.31. The van der Waals surface area contributed by atoms with Gasteiger partial charge >= 0.3 is 0 Å². The lowest BCUT2D eigenvalue weighted by atomic mass is 10.1. The van der Waals surface area contributed by atoms with Gasteiger partial charge in [-0.15, -0.1) is 0 Å². The van der Waals surface area contributed by atoms with Crippen LogP contribution in [0.15, 0.2) is 27.9 Å². The molecule has 0 spiro atoms. The Morgan fingerprint density at radius 1 is 1.60 bits per heavy atom. The highest BCUT2D eigenvalue weighted by Gasteiger charge is 2.20. The molecule has 0 amide bonds. The molecule has 0 bridgehead atoms. The summed E-state index contributed by atoms with van der Waals surface area (Å²) in [6, 6.07) is 3.00. The van der Waals surface area contributed by atoms with E-state index in [4.69, 9.17) is 4.42 Å². The molecule has 0 saturated carbocycles. The monoisotopic (exact) mass is 230 g/mol. The van der Waals surface area contributed by atoms with Gasteiger partial charge in [-0.1, -0.05) is 0 Å². The molecule has 1 unspecified atom stereocenters. The van der Waals surface area contributed by atoms with Crippen LogP contribution in [0.5, 0.6) is 0 Å². The van der Waals surface area contributed by atoms with Gasteiger partial charge in [0.05, 0.1) is 6.26 Å². The molecule has 1 aromatic heterocycles. The molecule has 0 radical (unpaired) electrons. The Morgan fingerprint density at radius 2 is 2.47 bits per heavy atom. The van der Waals surface area contributed by atoms with Gasteiger partial charge in [-0.05, 0) is 37.6 Å². The van der Waals surface area contributed by atoms with E-state index in [1.54, 1.807) is 6.07 Å². The summed E-state index contributed by atoms with van der Waals surface area (Å²) in [5.74, 6) is 0.384. The molecule has 1 aliphatic heterocycles. The van der Waals surface area contributed by atoms with Crippen LogP contribution in [-0.4, -0.2) is 28.1 Å². The van der Waals surface area contributed by atoms with E-state index in [2.05, 4.69) is 10.0 Å². The highest BCUT2D eigenvalue weighted by atomic mass is 32.2. The van der Waals surface area contributed by atoms with Crippen LogP contribution in [0, 0.1) is 5.92 Å². The lowest BCUT2D eigenvalue weighted by Gasteiger charge is -2.08. The molecule has 1 saturated heterocycles. The molecule has 0 aliphatic carbocycles. The maximum Gasteiger partial charge on any atom is 0.273 e. The SMILES string of the molecule is O=S(=O)(NCC1CCNC1)c1ccco1. The van der Waals surface area contributed by atoms with E-state index < -0.39 is 10.0 Å². The largest absolute Gasteiger partial charge is 0.452 e. The maximum atomic E-state index is 11.6. The van der Waals surface area contributed by atoms with Crippen molar-refractivity contribution in [2.75, 3.05) is 19.6 Å². The molecule has 6 heteroatoms. The Hall–Kier alpha value is -0.850. The zero-order chi connectivity index (χ0) is 10.7. The summed E-state index contributed by atoms with van der Waals surface area (Å²) >= 11 is 0. The third kappa shape index (κ3) is 2.58. The van der Waals surface area contributed by atoms with Crippen LogP contribution in [0.25, 0.3) is 0 Å². The number of rotatable bonds is 4. The van der Waals surface area contributed by atoms with Crippen LogP contribution < -0.4 is 10.0 Å². The third-order valence-corrected chi connectivity index (χ3v) is 3.79. The minimum absolute atomic E-state index is 0.0199. The number of furan rings is 1. The zero-order valence-corrected chi connectivity index (χ0v) is 9.09. The first-order chi connectivity index (χ1) is 7.18. The maximum absolute atomic E-state index is 11.6. The summed E-state index contributed by atoms with van der Waals surface area (Å²) in [5, 5.41) is 3.17. The van der Waals surface area contributed by atoms with Crippen LogP contribution in [0.1, 0.15) is 6.42 Å². The molecule has 2 heterocycles. The van der Waals surface area contributed by atoms with Crippen LogP contribution in [0.3, 0.4) is 0 Å². The van der Waals surface area contributed by atoms with E-state index in [1.165, 1.54) is 12.3 Å². The van der Waals surface area contributed by atoms with Crippen LogP contribution in [-0.2, 0) is 10.0 Å². The van der Waals surface area contributed by atoms with Crippen molar-refractivity contribution in [1.82, 2.24) is 10.0 Å². The van der Waals surface area contributed by atoms with Crippen LogP contribution >= 0.6 is 0 Å². The van der Waals surface area contributed by atoms with Crippen molar-refractivity contribution in [3.05, 3.63) is 18.4 Å². The first-order valence-electron chi connectivity index (χ1n) is 4.92. The van der Waals surface area contributed by atoms with Crippen molar-refractivity contribution in [2.45, 2.75) is 11.5 Å². The number of nitrogens with one attached hydrogen (secondary N) is 2. The molecular weight excluding hydrogens is 216 g/mol. The molecular formula is C9H14N2O3S. The molecule has 1 aromatic rings. The van der Waals surface area contributed by atoms with Gasteiger partial charge in [0.1, 0.15) is 0 Å². The second-order valence-corrected chi connectivity index (χ2v) is 5.34. The smallest absolute Gasteiger partial charge is 0.273 e. The normalized spacial score (nSPS) is 22.0. The van der Waals surface area contributed by atoms with Crippen LogP contribution in [0.2, 0.25) is 0 Å². The fraction of sp³-hybridized carbons (Fsp3) is 0.556. The van der Waals surface area contributed by atoms with Crippen molar-refractivity contribution < 1.29 is 12.8 Å². The molecule has 84 valence electrons. The van der Waals surface area contributed by atoms with Crippen molar-refractivity contribution >= 4 is 10.0 Å². The Balaban J connectivity index is 1.93. The standard InChI is InChI=1S/C9H14N2O3S/c12-15(13,9-2-1-5-14-9)11-7-8-3-4-10-6-8/h1-2,5,8,10-11H,3-4,6-7H2. The Morgan fingerprint density at radius 3 is 3.07 bits per heavy atom. The fourth-order valence-electron chi connectivity index (χ4n) is 1.60. The summed E-state index contributed by atoms with van der Waals surface area (Å²) in [4.78, 5) is 0. The second-order valence-electron chi connectivity index (χ2n) is 3.64. The summed E-state index contributed by atoms with van der Waals surface area (Å²) < 4.78 is 30.6. The van der Waals surface area contributed by atoms with Gasteiger partial charge in [0.15, 0.2) is 0 Å². The van der Waals surface area contributed by atoms with Gasteiger partial charge in [0.2, 0.25) is 5.09 Å². The van der Waals surface area contributed by atoms with Crippen LogP contribution in [0.4, 0.5) is 0 Å². The average molecular weight is 230 g/mol. The third-order valence-electron chi connectivity index (χ3n) is 2.48. The van der Waals surface area contributed by atoms with Gasteiger partial charge in [-0.2, -0.15) is 0 Å². The molecule has 1 aliphatic rings. The predicted molar refractivity (Wildman–Crippen MR) is 54.9 cm³/mol. The van der Waals surface area contributed by atoms with Gasteiger partial charge in [-0.3, -0.25) is 0 Å². The van der Waals surface area contributed by atoms with Crippen molar-refractivity contribution in [3.63, 3.8) is 0 Å². The Kier molecular flexibility index (Phi) is 3.08. The van der Waals surface area contributed by atoms with Crippen molar-refractivity contribution in [3.8, 4) is 0 Å². The van der Waals surface area contributed by atoms with E-state index in [9.17, 15) is 8.42 Å². The Labute approximate surface area is 88.9 Å². The lowest BCUT2D eigenvalue weighted by Crippen LogP contribution is -2.30. The summed E-state index contributed by atoms with van der Waals surface area (Å²) in [6.07, 6.45) is 2.37. The summed E-state index contributed by atoms with van der Waals surface area (Å²) in [7, 11) is -3.45. The number of hydrogen-bond acceptors (Lipinski definition) is 4. The molecule has 1 atom stereocenters. The number of sulfonamides is 1. The van der Waals surface area contributed by atoms with Gasteiger partial charge in [-0.25, -0.2) is 13.1 Å². The predicted octanol–water partition coefficient (Wildman–Crippen LogP) is 0.167. The molecule has 15 heavy (non-hydrogen) atoms. The topological polar surface area (TPSA) is 71.3 Å². The molecule has 5 nitrogen and oxygen atoms in total. The fourth-order valence-corrected chi connectivity index (χ4v) is 2.64. The molecule has 1 fully saturated rings. The van der Waals surface area contributed by atoms with E-state index in [1.807, 2.05) is 0 Å². The van der Waals surface area contributed by atoms with Gasteiger partial charge in [0.25, 0.3) is 10.0 Å². The van der Waals surface area contributed by atoms with Gasteiger partial charge < -0.3 is 9.73 Å². The first-order valence-corrected chi connectivity index (χ1v) is 6.41. The van der Waals surface area contributed by atoms with Crippen molar-refractivity contribution in [2.24, 2.45) is 5.92 Å². The second kappa shape index (κ2) is 4.34. The Bertz CT molecular complexity index is 393. The lowest BCUT2D eigenvalue weighted by molar-refractivity contribution is 0.442. The zero-order valence-electron chi connectivity index (χ0n) is 8.27. The minimum Gasteiger partial charge on any atom is -0.452 e. The highest BCUT2D eigenvalue weighted by molar-refractivity contribution is 7.89. The number of hydrogen-bond donors (Lipinski definition) is 2. The van der Waals surface area contributed by atoms with E-state index in [-0.39, 0.29) is 5.09 Å². The van der Waals surface area contributed by atoms with Gasteiger partial charge in [0, 0.05) is 6.54 Å². The molecule has 0 aromatic carbocycles. The first kappa shape index (κ1) is 10.7. The minimum atomic E-state index is -3.45. The quantitative estimate of drug-likeness (QED) is 0.773. The van der Waals surface area contributed by atoms with E-state index in [0.29, 0.717) is 12.5 Å². The molecule has 2 rings (SSSR count). The van der Waals surface area contributed by atoms with E-state index in [0.717, 1.165) is 19.5 Å². The van der Waals surface area contributed by atoms with E-state index >= 15 is 0 Å². The highest BCUT2D eigenvalue weighted by Crippen LogP contribution is 2.11.